The van der Waals surface area contributed by atoms with Crippen molar-refractivity contribution in [2.24, 2.45) is 0 Å². The summed E-state index contributed by atoms with van der Waals surface area (Å²) in [5, 5.41) is 10.1. The standard InChI is InChI=1S/C12H22O4/c1-2-3-4-5-6-7-10-16-12(15)9-8-11(13)14/h2-10H2,1H3,(H,13,14)/p-1. The SMILES string of the molecule is CCCCCCCCOC(=O)CCC(=O)[O-]. The number of rotatable bonds is 10. The topological polar surface area (TPSA) is 66.4 Å². The van der Waals surface area contributed by atoms with Crippen molar-refractivity contribution in [2.45, 2.75) is 58.3 Å². The van der Waals surface area contributed by atoms with Crippen LogP contribution in [-0.2, 0) is 14.3 Å². The molecule has 0 unspecified atom stereocenters. The molecule has 94 valence electrons. The molecule has 4 nitrogen and oxygen atoms in total. The minimum atomic E-state index is -1.21. The third-order valence-corrected chi connectivity index (χ3v) is 2.29. The zero-order chi connectivity index (χ0) is 12.2. The van der Waals surface area contributed by atoms with Gasteiger partial charge in [-0.25, -0.2) is 0 Å². The van der Waals surface area contributed by atoms with Gasteiger partial charge in [0, 0.05) is 5.97 Å². The zero-order valence-electron chi connectivity index (χ0n) is 10.00. The van der Waals surface area contributed by atoms with Crippen molar-refractivity contribution in [3.8, 4) is 0 Å². The van der Waals surface area contributed by atoms with Crippen molar-refractivity contribution < 1.29 is 19.4 Å². The second-order valence-corrected chi connectivity index (χ2v) is 3.86. The van der Waals surface area contributed by atoms with Crippen LogP contribution >= 0.6 is 0 Å². The van der Waals surface area contributed by atoms with Gasteiger partial charge in [0.25, 0.3) is 0 Å². The normalized spacial score (nSPS) is 10.1. The van der Waals surface area contributed by atoms with Gasteiger partial charge in [-0.05, 0) is 12.8 Å². The Kier molecular flexibility index (Phi) is 9.76. The van der Waals surface area contributed by atoms with E-state index in [0.29, 0.717) is 6.61 Å². The van der Waals surface area contributed by atoms with Gasteiger partial charge < -0.3 is 14.6 Å². The minimum absolute atomic E-state index is 0.0852. The maximum atomic E-state index is 11.0. The molecule has 0 aliphatic heterocycles. The summed E-state index contributed by atoms with van der Waals surface area (Å²) in [5.41, 5.74) is 0. The molecule has 0 radical (unpaired) electrons. The Morgan fingerprint density at radius 3 is 2.25 bits per heavy atom. The third-order valence-electron chi connectivity index (χ3n) is 2.29. The summed E-state index contributed by atoms with van der Waals surface area (Å²) in [7, 11) is 0. The highest BCUT2D eigenvalue weighted by Gasteiger charge is 2.02. The van der Waals surface area contributed by atoms with Crippen LogP contribution in [0.5, 0.6) is 0 Å². The Morgan fingerprint density at radius 2 is 1.62 bits per heavy atom. The van der Waals surface area contributed by atoms with Crippen LogP contribution in [-0.4, -0.2) is 18.5 Å². The van der Waals surface area contributed by atoms with Gasteiger partial charge in [-0.3, -0.25) is 4.79 Å². The van der Waals surface area contributed by atoms with Crippen molar-refractivity contribution in [3.63, 3.8) is 0 Å². The van der Waals surface area contributed by atoms with E-state index in [4.69, 9.17) is 4.74 Å². The van der Waals surface area contributed by atoms with Gasteiger partial charge in [-0.15, -0.1) is 0 Å². The molecule has 0 aromatic carbocycles. The number of hydrogen-bond donors (Lipinski definition) is 0. The van der Waals surface area contributed by atoms with Crippen LogP contribution in [0.15, 0.2) is 0 Å². The molecule has 0 atom stereocenters. The molecule has 16 heavy (non-hydrogen) atoms. The summed E-state index contributed by atoms with van der Waals surface area (Å²) in [6.07, 6.45) is 6.46. The average Bonchev–Trinajstić information content (AvgIpc) is 2.25. The van der Waals surface area contributed by atoms with E-state index in [2.05, 4.69) is 6.92 Å². The molecular weight excluding hydrogens is 208 g/mol. The van der Waals surface area contributed by atoms with Crippen LogP contribution in [0.2, 0.25) is 0 Å². The number of carboxylic acid groups (broad SMARTS) is 1. The van der Waals surface area contributed by atoms with E-state index in [1.165, 1.54) is 25.7 Å². The zero-order valence-corrected chi connectivity index (χ0v) is 10.00. The molecule has 0 amide bonds. The number of carbonyl (C=O) groups is 2. The van der Waals surface area contributed by atoms with Crippen LogP contribution in [0.25, 0.3) is 0 Å². The second-order valence-electron chi connectivity index (χ2n) is 3.86. The Bertz CT molecular complexity index is 201. The van der Waals surface area contributed by atoms with E-state index in [1.807, 2.05) is 0 Å². The molecule has 0 fully saturated rings. The number of carboxylic acids is 1. The van der Waals surface area contributed by atoms with Gasteiger partial charge in [0.15, 0.2) is 0 Å². The van der Waals surface area contributed by atoms with E-state index >= 15 is 0 Å². The number of esters is 1. The largest absolute Gasteiger partial charge is 0.550 e. The molecule has 4 heteroatoms. The van der Waals surface area contributed by atoms with Crippen molar-refractivity contribution >= 4 is 11.9 Å². The lowest BCUT2D eigenvalue weighted by Gasteiger charge is -2.05. The lowest BCUT2D eigenvalue weighted by Crippen LogP contribution is -2.23. The summed E-state index contributed by atoms with van der Waals surface area (Å²) in [4.78, 5) is 21.0. The Labute approximate surface area is 97.0 Å². The van der Waals surface area contributed by atoms with E-state index in [0.717, 1.165) is 12.8 Å². The highest BCUT2D eigenvalue weighted by atomic mass is 16.5. The monoisotopic (exact) mass is 229 g/mol. The molecule has 0 N–H and O–H groups in total. The number of ether oxygens (including phenoxy) is 1. The van der Waals surface area contributed by atoms with Crippen LogP contribution in [0, 0.1) is 0 Å². The Hall–Kier alpha value is -1.06. The van der Waals surface area contributed by atoms with Gasteiger partial charge in [0.1, 0.15) is 0 Å². The number of unbranched alkanes of at least 4 members (excludes halogenated alkanes) is 5. The van der Waals surface area contributed by atoms with Gasteiger partial charge in [0.05, 0.1) is 13.0 Å². The first-order chi connectivity index (χ1) is 7.66. The quantitative estimate of drug-likeness (QED) is 0.420. The second kappa shape index (κ2) is 10.5. The van der Waals surface area contributed by atoms with E-state index in [-0.39, 0.29) is 12.8 Å². The summed E-state index contributed by atoms with van der Waals surface area (Å²) in [5.74, 6) is -1.66. The molecule has 0 saturated heterocycles. The average molecular weight is 229 g/mol. The Morgan fingerprint density at radius 1 is 1.00 bits per heavy atom. The van der Waals surface area contributed by atoms with Crippen LogP contribution in [0.1, 0.15) is 58.3 Å². The van der Waals surface area contributed by atoms with Crippen molar-refractivity contribution in [2.75, 3.05) is 6.61 Å². The fourth-order valence-electron chi connectivity index (χ4n) is 1.34. The predicted octanol–water partition coefficient (Wildman–Crippen LogP) is 1.42. The third kappa shape index (κ3) is 11.0. The van der Waals surface area contributed by atoms with Crippen molar-refractivity contribution in [3.05, 3.63) is 0 Å². The molecule has 0 rings (SSSR count). The van der Waals surface area contributed by atoms with Crippen molar-refractivity contribution in [1.29, 1.82) is 0 Å². The molecule has 0 heterocycles. The van der Waals surface area contributed by atoms with E-state index in [1.54, 1.807) is 0 Å². The van der Waals surface area contributed by atoms with E-state index in [9.17, 15) is 14.7 Å². The summed E-state index contributed by atoms with van der Waals surface area (Å²) in [6, 6.07) is 0. The van der Waals surface area contributed by atoms with Crippen LogP contribution < -0.4 is 5.11 Å². The molecule has 0 aromatic heterocycles. The maximum Gasteiger partial charge on any atom is 0.306 e. The van der Waals surface area contributed by atoms with Crippen LogP contribution in [0.4, 0.5) is 0 Å². The maximum absolute atomic E-state index is 11.0. The lowest BCUT2D eigenvalue weighted by atomic mass is 10.1. The number of aliphatic carboxylic acids is 1. The minimum Gasteiger partial charge on any atom is -0.550 e. The summed E-state index contributed by atoms with van der Waals surface area (Å²) in [6.45, 7) is 2.57. The molecule has 0 spiro atoms. The highest BCUT2D eigenvalue weighted by molar-refractivity contribution is 5.75. The number of hydrogen-bond acceptors (Lipinski definition) is 4. The Balaban J connectivity index is 3.18. The predicted molar refractivity (Wildman–Crippen MR) is 58.6 cm³/mol. The van der Waals surface area contributed by atoms with E-state index < -0.39 is 11.9 Å². The van der Waals surface area contributed by atoms with Crippen LogP contribution in [0.3, 0.4) is 0 Å². The van der Waals surface area contributed by atoms with Gasteiger partial charge in [-0.2, -0.15) is 0 Å². The van der Waals surface area contributed by atoms with Gasteiger partial charge in [0.2, 0.25) is 0 Å². The first-order valence-corrected chi connectivity index (χ1v) is 6.02. The number of carbonyl (C=O) groups excluding carboxylic acids is 2. The first-order valence-electron chi connectivity index (χ1n) is 6.02. The van der Waals surface area contributed by atoms with Gasteiger partial charge in [-0.1, -0.05) is 39.0 Å². The molecule has 0 aromatic rings. The van der Waals surface area contributed by atoms with Gasteiger partial charge >= 0.3 is 5.97 Å². The fourth-order valence-corrected chi connectivity index (χ4v) is 1.34. The molecular formula is C12H21O4-. The summed E-state index contributed by atoms with van der Waals surface area (Å²) >= 11 is 0. The first kappa shape index (κ1) is 14.9. The molecule has 0 saturated carbocycles. The molecule has 0 aliphatic carbocycles. The lowest BCUT2D eigenvalue weighted by molar-refractivity contribution is -0.305. The van der Waals surface area contributed by atoms with Crippen molar-refractivity contribution in [1.82, 2.24) is 0 Å². The molecule has 0 bridgehead atoms. The highest BCUT2D eigenvalue weighted by Crippen LogP contribution is 2.05. The summed E-state index contributed by atoms with van der Waals surface area (Å²) < 4.78 is 4.87. The smallest absolute Gasteiger partial charge is 0.306 e. The molecule has 0 aliphatic rings. The fraction of sp³-hybridized carbons (Fsp3) is 0.833.